The fraction of sp³-hybridized carbons (Fsp3) is 0.280. The maximum Gasteiger partial charge on any atom is 0.275 e. The Kier molecular flexibility index (Phi) is 5.21. The Bertz CT molecular complexity index is 1350. The number of nitrogens with one attached hydrogen (secondary N) is 1. The number of anilines is 2. The predicted octanol–water partition coefficient (Wildman–Crippen LogP) is 3.28. The number of rotatable bonds is 4. The summed E-state index contributed by atoms with van der Waals surface area (Å²) in [5, 5.41) is 11.5. The van der Waals surface area contributed by atoms with Crippen molar-refractivity contribution in [3.8, 4) is 11.5 Å². The highest BCUT2D eigenvalue weighted by molar-refractivity contribution is 6.02. The third-order valence-corrected chi connectivity index (χ3v) is 6.38. The highest BCUT2D eigenvalue weighted by Crippen LogP contribution is 2.24. The van der Waals surface area contributed by atoms with Crippen molar-refractivity contribution in [3.05, 3.63) is 77.5 Å². The van der Waals surface area contributed by atoms with Crippen LogP contribution in [0.25, 0.3) is 11.5 Å². The lowest BCUT2D eigenvalue weighted by Gasteiger charge is -2.29. The van der Waals surface area contributed by atoms with E-state index in [0.717, 1.165) is 61.8 Å². The lowest BCUT2D eigenvalue weighted by Crippen LogP contribution is -2.31. The fourth-order valence-corrected chi connectivity index (χ4v) is 4.61. The van der Waals surface area contributed by atoms with E-state index in [1.54, 1.807) is 12.3 Å². The van der Waals surface area contributed by atoms with E-state index in [1.807, 2.05) is 42.6 Å². The molecular weight excluding hydrogens is 428 g/mol. The molecule has 2 aliphatic rings. The SMILES string of the molecule is O=C(Nc1cccc(-c2nnc3n2CCCC3)n1)c1cc2c(cn1)CCN(c1ccccn1)C2. The number of hydrogen-bond donors (Lipinski definition) is 1. The minimum absolute atomic E-state index is 0.286. The van der Waals surface area contributed by atoms with Gasteiger partial charge in [-0.3, -0.25) is 9.78 Å². The van der Waals surface area contributed by atoms with Crippen LogP contribution in [0.5, 0.6) is 0 Å². The summed E-state index contributed by atoms with van der Waals surface area (Å²) < 4.78 is 2.12. The monoisotopic (exact) mass is 452 g/mol. The first kappa shape index (κ1) is 20.5. The Hall–Kier alpha value is -4.14. The van der Waals surface area contributed by atoms with E-state index in [9.17, 15) is 4.79 Å². The van der Waals surface area contributed by atoms with Crippen LogP contribution in [0.15, 0.2) is 54.9 Å². The van der Waals surface area contributed by atoms with Gasteiger partial charge in [-0.2, -0.15) is 0 Å². The first-order chi connectivity index (χ1) is 16.7. The summed E-state index contributed by atoms with van der Waals surface area (Å²) in [4.78, 5) is 28.7. The van der Waals surface area contributed by atoms with Gasteiger partial charge in [0.15, 0.2) is 5.82 Å². The first-order valence-electron chi connectivity index (χ1n) is 11.6. The van der Waals surface area contributed by atoms with Gasteiger partial charge in [-0.1, -0.05) is 12.1 Å². The normalized spacial score (nSPS) is 14.9. The lowest BCUT2D eigenvalue weighted by molar-refractivity contribution is 0.102. The van der Waals surface area contributed by atoms with Crippen molar-refractivity contribution < 1.29 is 4.79 Å². The molecule has 0 aliphatic carbocycles. The number of carbonyl (C=O) groups excluding carboxylic acids is 1. The number of hydrogen-bond acceptors (Lipinski definition) is 7. The van der Waals surface area contributed by atoms with E-state index in [2.05, 4.69) is 39.9 Å². The Morgan fingerprint density at radius 3 is 2.82 bits per heavy atom. The average molecular weight is 453 g/mol. The highest BCUT2D eigenvalue weighted by Gasteiger charge is 2.21. The van der Waals surface area contributed by atoms with Gasteiger partial charge in [0, 0.05) is 38.4 Å². The standard InChI is InChI=1S/C25H24N8O/c34-25(20-14-18-16-32(13-10-17(18)15-27-20)22-8-1-3-11-26-22)29-21-7-5-6-19(28-21)24-31-30-23-9-2-4-12-33(23)24/h1,3,5-8,11,14-15H,2,4,9-10,12-13,16H2,(H,28,29,34). The van der Waals surface area contributed by atoms with Crippen molar-refractivity contribution >= 4 is 17.5 Å². The van der Waals surface area contributed by atoms with Crippen LogP contribution in [-0.4, -0.2) is 42.2 Å². The number of carbonyl (C=O) groups is 1. The molecule has 0 radical (unpaired) electrons. The summed E-state index contributed by atoms with van der Waals surface area (Å²) in [6, 6.07) is 13.3. The largest absolute Gasteiger partial charge is 0.352 e. The van der Waals surface area contributed by atoms with Crippen molar-refractivity contribution in [2.75, 3.05) is 16.8 Å². The second kappa shape index (κ2) is 8.66. The molecule has 0 atom stereocenters. The zero-order chi connectivity index (χ0) is 22.9. The molecule has 170 valence electrons. The minimum atomic E-state index is -0.286. The van der Waals surface area contributed by atoms with Gasteiger partial charge in [0.1, 0.15) is 28.8 Å². The predicted molar refractivity (Wildman–Crippen MR) is 127 cm³/mol. The van der Waals surface area contributed by atoms with Gasteiger partial charge < -0.3 is 14.8 Å². The van der Waals surface area contributed by atoms with Gasteiger partial charge in [-0.05, 0) is 60.7 Å². The van der Waals surface area contributed by atoms with Gasteiger partial charge in [-0.25, -0.2) is 9.97 Å². The third-order valence-electron chi connectivity index (χ3n) is 6.38. The smallest absolute Gasteiger partial charge is 0.275 e. The van der Waals surface area contributed by atoms with Crippen molar-refractivity contribution in [1.29, 1.82) is 0 Å². The molecule has 0 aromatic carbocycles. The van der Waals surface area contributed by atoms with Gasteiger partial charge in [-0.15, -0.1) is 10.2 Å². The molecule has 1 amide bonds. The van der Waals surface area contributed by atoms with Crippen molar-refractivity contribution in [2.24, 2.45) is 0 Å². The number of aryl methyl sites for hydroxylation is 1. The molecule has 9 heteroatoms. The molecule has 0 fully saturated rings. The molecule has 0 bridgehead atoms. The van der Waals surface area contributed by atoms with Gasteiger partial charge in [0.05, 0.1) is 0 Å². The molecule has 9 nitrogen and oxygen atoms in total. The molecule has 0 unspecified atom stereocenters. The van der Waals surface area contributed by atoms with Crippen LogP contribution in [0, 0.1) is 0 Å². The number of amides is 1. The van der Waals surface area contributed by atoms with Crippen LogP contribution in [0.3, 0.4) is 0 Å². The summed E-state index contributed by atoms with van der Waals surface area (Å²) in [7, 11) is 0. The van der Waals surface area contributed by atoms with E-state index in [0.29, 0.717) is 23.8 Å². The van der Waals surface area contributed by atoms with Gasteiger partial charge in [0.25, 0.3) is 5.91 Å². The molecular formula is C25H24N8O. The molecule has 0 saturated carbocycles. The minimum Gasteiger partial charge on any atom is -0.352 e. The molecule has 0 saturated heterocycles. The van der Waals surface area contributed by atoms with Crippen molar-refractivity contribution in [3.63, 3.8) is 0 Å². The van der Waals surface area contributed by atoms with Gasteiger partial charge in [0.2, 0.25) is 0 Å². The maximum absolute atomic E-state index is 13.0. The highest BCUT2D eigenvalue weighted by atomic mass is 16.1. The maximum atomic E-state index is 13.0. The second-order valence-corrected chi connectivity index (χ2v) is 8.61. The zero-order valence-electron chi connectivity index (χ0n) is 18.7. The van der Waals surface area contributed by atoms with E-state index < -0.39 is 0 Å². The number of aromatic nitrogens is 6. The summed E-state index contributed by atoms with van der Waals surface area (Å²) >= 11 is 0. The lowest BCUT2D eigenvalue weighted by atomic mass is 10.0. The van der Waals surface area contributed by atoms with Crippen LogP contribution in [0.1, 0.15) is 40.3 Å². The summed E-state index contributed by atoms with van der Waals surface area (Å²) in [5.41, 5.74) is 3.32. The van der Waals surface area contributed by atoms with Crippen LogP contribution in [0.4, 0.5) is 11.6 Å². The molecule has 4 aromatic rings. The van der Waals surface area contributed by atoms with E-state index in [4.69, 9.17) is 0 Å². The fourth-order valence-electron chi connectivity index (χ4n) is 4.61. The molecule has 2 aliphatic heterocycles. The summed E-state index contributed by atoms with van der Waals surface area (Å²) in [5.74, 6) is 2.85. The van der Waals surface area contributed by atoms with E-state index >= 15 is 0 Å². The molecule has 6 heterocycles. The Labute approximate surface area is 196 Å². The van der Waals surface area contributed by atoms with Crippen LogP contribution >= 0.6 is 0 Å². The quantitative estimate of drug-likeness (QED) is 0.507. The number of pyridine rings is 3. The Balaban J connectivity index is 1.21. The van der Waals surface area contributed by atoms with E-state index in [1.165, 1.54) is 5.56 Å². The second-order valence-electron chi connectivity index (χ2n) is 8.61. The Morgan fingerprint density at radius 2 is 1.91 bits per heavy atom. The Morgan fingerprint density at radius 1 is 0.941 bits per heavy atom. The molecule has 6 rings (SSSR count). The van der Waals surface area contributed by atoms with Crippen molar-refractivity contribution in [1.82, 2.24) is 29.7 Å². The summed E-state index contributed by atoms with van der Waals surface area (Å²) in [6.07, 6.45) is 7.66. The molecule has 1 N–H and O–H groups in total. The number of fused-ring (bicyclic) bond motifs is 2. The van der Waals surface area contributed by atoms with E-state index in [-0.39, 0.29) is 5.91 Å². The summed E-state index contributed by atoms with van der Waals surface area (Å²) in [6.45, 7) is 2.46. The molecule has 0 spiro atoms. The third kappa shape index (κ3) is 3.89. The topological polar surface area (TPSA) is 102 Å². The molecule has 34 heavy (non-hydrogen) atoms. The van der Waals surface area contributed by atoms with Gasteiger partial charge >= 0.3 is 0 Å². The first-order valence-corrected chi connectivity index (χ1v) is 11.6. The number of nitrogens with zero attached hydrogens (tertiary/aromatic N) is 7. The van der Waals surface area contributed by atoms with Crippen LogP contribution in [-0.2, 0) is 25.9 Å². The van der Waals surface area contributed by atoms with Crippen LogP contribution in [0.2, 0.25) is 0 Å². The van der Waals surface area contributed by atoms with Crippen LogP contribution < -0.4 is 10.2 Å². The van der Waals surface area contributed by atoms with Crippen molar-refractivity contribution in [2.45, 2.75) is 38.8 Å². The zero-order valence-corrected chi connectivity index (χ0v) is 18.7. The molecule has 4 aromatic heterocycles. The average Bonchev–Trinajstić information content (AvgIpc) is 3.33.